The highest BCUT2D eigenvalue weighted by Crippen LogP contribution is 2.39. The second-order valence-corrected chi connectivity index (χ2v) is 5.72. The van der Waals surface area contributed by atoms with Crippen LogP contribution in [0.1, 0.15) is 37.6 Å². The SMILES string of the molecule is CCc1nn(C)cc1C(CN)N(C)CC1CC1C. The Morgan fingerprint density at radius 3 is 2.78 bits per heavy atom. The molecule has 4 heteroatoms. The molecule has 1 saturated carbocycles. The lowest BCUT2D eigenvalue weighted by Gasteiger charge is -2.27. The topological polar surface area (TPSA) is 47.1 Å². The minimum Gasteiger partial charge on any atom is -0.329 e. The molecule has 1 fully saturated rings. The van der Waals surface area contributed by atoms with Crippen LogP contribution in [-0.2, 0) is 13.5 Å². The number of hydrogen-bond acceptors (Lipinski definition) is 3. The van der Waals surface area contributed by atoms with Crippen molar-refractivity contribution in [3.05, 3.63) is 17.5 Å². The van der Waals surface area contributed by atoms with E-state index in [0.29, 0.717) is 12.6 Å². The molecule has 0 aliphatic heterocycles. The van der Waals surface area contributed by atoms with Crippen LogP contribution < -0.4 is 5.73 Å². The Labute approximate surface area is 110 Å². The van der Waals surface area contributed by atoms with E-state index in [9.17, 15) is 0 Å². The largest absolute Gasteiger partial charge is 0.329 e. The molecule has 0 aromatic carbocycles. The average molecular weight is 250 g/mol. The van der Waals surface area contributed by atoms with E-state index in [1.165, 1.54) is 17.7 Å². The minimum atomic E-state index is 0.307. The quantitative estimate of drug-likeness (QED) is 0.833. The summed E-state index contributed by atoms with van der Waals surface area (Å²) in [5.41, 5.74) is 8.48. The average Bonchev–Trinajstić information content (AvgIpc) is 2.88. The Balaban J connectivity index is 2.10. The third-order valence-electron chi connectivity index (χ3n) is 4.19. The maximum atomic E-state index is 5.99. The van der Waals surface area contributed by atoms with Crippen molar-refractivity contribution in [3.8, 4) is 0 Å². The highest BCUT2D eigenvalue weighted by molar-refractivity contribution is 5.22. The van der Waals surface area contributed by atoms with Gasteiger partial charge in [0.05, 0.1) is 11.7 Å². The van der Waals surface area contributed by atoms with Crippen molar-refractivity contribution in [2.75, 3.05) is 20.1 Å². The number of aryl methyl sites for hydroxylation is 2. The molecule has 1 aliphatic carbocycles. The first-order chi connectivity index (χ1) is 8.56. The zero-order chi connectivity index (χ0) is 13.3. The summed E-state index contributed by atoms with van der Waals surface area (Å²) in [5, 5.41) is 4.52. The maximum absolute atomic E-state index is 5.99. The van der Waals surface area contributed by atoms with E-state index in [0.717, 1.165) is 24.8 Å². The Morgan fingerprint density at radius 2 is 2.28 bits per heavy atom. The van der Waals surface area contributed by atoms with Crippen LogP contribution in [0.2, 0.25) is 0 Å². The molecule has 1 aromatic rings. The monoisotopic (exact) mass is 250 g/mol. The van der Waals surface area contributed by atoms with E-state index in [1.807, 2.05) is 11.7 Å². The van der Waals surface area contributed by atoms with Crippen LogP contribution in [-0.4, -0.2) is 34.8 Å². The number of aromatic nitrogens is 2. The van der Waals surface area contributed by atoms with Crippen molar-refractivity contribution in [1.29, 1.82) is 0 Å². The van der Waals surface area contributed by atoms with Gasteiger partial charge in [-0.1, -0.05) is 13.8 Å². The number of nitrogens with two attached hydrogens (primary N) is 1. The molecule has 4 nitrogen and oxygen atoms in total. The van der Waals surface area contributed by atoms with Crippen LogP contribution in [0.5, 0.6) is 0 Å². The third-order valence-corrected chi connectivity index (χ3v) is 4.19. The molecule has 3 atom stereocenters. The van der Waals surface area contributed by atoms with Crippen LogP contribution in [0.25, 0.3) is 0 Å². The predicted molar refractivity (Wildman–Crippen MR) is 74.3 cm³/mol. The summed E-state index contributed by atoms with van der Waals surface area (Å²) in [6.07, 6.45) is 4.47. The van der Waals surface area contributed by atoms with Crippen LogP contribution in [0.3, 0.4) is 0 Å². The first-order valence-corrected chi connectivity index (χ1v) is 6.99. The summed E-state index contributed by atoms with van der Waals surface area (Å²) in [6.45, 7) is 6.30. The molecule has 0 radical (unpaired) electrons. The van der Waals surface area contributed by atoms with E-state index >= 15 is 0 Å². The summed E-state index contributed by atoms with van der Waals surface area (Å²) < 4.78 is 1.91. The molecule has 2 rings (SSSR count). The molecule has 18 heavy (non-hydrogen) atoms. The fourth-order valence-corrected chi connectivity index (χ4v) is 2.80. The molecule has 1 heterocycles. The summed E-state index contributed by atoms with van der Waals surface area (Å²) in [5.74, 6) is 1.76. The van der Waals surface area contributed by atoms with Gasteiger partial charge in [-0.3, -0.25) is 9.58 Å². The summed E-state index contributed by atoms with van der Waals surface area (Å²) in [6, 6.07) is 0.307. The minimum absolute atomic E-state index is 0.307. The van der Waals surface area contributed by atoms with Crippen molar-refractivity contribution in [2.24, 2.45) is 24.6 Å². The Bertz CT molecular complexity index is 398. The van der Waals surface area contributed by atoms with E-state index in [4.69, 9.17) is 5.73 Å². The van der Waals surface area contributed by atoms with Gasteiger partial charge >= 0.3 is 0 Å². The number of nitrogens with zero attached hydrogens (tertiary/aromatic N) is 3. The van der Waals surface area contributed by atoms with Gasteiger partial charge in [0.1, 0.15) is 0 Å². The summed E-state index contributed by atoms with van der Waals surface area (Å²) in [4.78, 5) is 2.41. The zero-order valence-electron chi connectivity index (χ0n) is 12.1. The number of rotatable bonds is 6. The van der Waals surface area contributed by atoms with E-state index < -0.39 is 0 Å². The van der Waals surface area contributed by atoms with Crippen LogP contribution in [0.15, 0.2) is 6.20 Å². The Kier molecular flexibility index (Phi) is 4.07. The van der Waals surface area contributed by atoms with Gasteiger partial charge in [0.15, 0.2) is 0 Å². The number of likely N-dealkylation sites (N-methyl/N-ethyl adjacent to an activating group) is 1. The van der Waals surface area contributed by atoms with Gasteiger partial charge < -0.3 is 5.73 Å². The molecule has 3 unspecified atom stereocenters. The summed E-state index contributed by atoms with van der Waals surface area (Å²) >= 11 is 0. The van der Waals surface area contributed by atoms with E-state index in [1.54, 1.807) is 0 Å². The molecule has 0 spiro atoms. The second kappa shape index (κ2) is 5.41. The molecule has 0 bridgehead atoms. The van der Waals surface area contributed by atoms with E-state index in [2.05, 4.69) is 37.1 Å². The zero-order valence-corrected chi connectivity index (χ0v) is 12.1. The van der Waals surface area contributed by atoms with Gasteiger partial charge in [-0.15, -0.1) is 0 Å². The Hall–Kier alpha value is -0.870. The lowest BCUT2D eigenvalue weighted by Crippen LogP contribution is -2.32. The van der Waals surface area contributed by atoms with Crippen LogP contribution in [0.4, 0.5) is 0 Å². The lowest BCUT2D eigenvalue weighted by atomic mass is 10.0. The highest BCUT2D eigenvalue weighted by Gasteiger charge is 2.35. The smallest absolute Gasteiger partial charge is 0.0670 e. The van der Waals surface area contributed by atoms with Gasteiger partial charge in [-0.25, -0.2) is 0 Å². The summed E-state index contributed by atoms with van der Waals surface area (Å²) in [7, 11) is 4.17. The molecule has 1 aromatic heterocycles. The molecule has 1 aliphatic rings. The number of hydrogen-bond donors (Lipinski definition) is 1. The fraction of sp³-hybridized carbons (Fsp3) is 0.786. The van der Waals surface area contributed by atoms with Crippen molar-refractivity contribution in [3.63, 3.8) is 0 Å². The van der Waals surface area contributed by atoms with Crippen LogP contribution >= 0.6 is 0 Å². The van der Waals surface area contributed by atoms with Gasteiger partial charge in [-0.05, 0) is 31.7 Å². The van der Waals surface area contributed by atoms with Crippen molar-refractivity contribution >= 4 is 0 Å². The second-order valence-electron chi connectivity index (χ2n) is 5.72. The first kappa shape index (κ1) is 13.6. The normalized spacial score (nSPS) is 24.6. The standard InChI is InChI=1S/C14H26N4/c1-5-13-12(9-18(4)16-13)14(7-15)17(3)8-11-6-10(11)2/h9-11,14H,5-8,15H2,1-4H3. The molecule has 0 amide bonds. The first-order valence-electron chi connectivity index (χ1n) is 6.99. The van der Waals surface area contributed by atoms with Crippen molar-refractivity contribution in [1.82, 2.24) is 14.7 Å². The van der Waals surface area contributed by atoms with Crippen molar-refractivity contribution in [2.45, 2.75) is 32.7 Å². The molecule has 2 N–H and O–H groups in total. The Morgan fingerprint density at radius 1 is 1.61 bits per heavy atom. The van der Waals surface area contributed by atoms with Crippen LogP contribution in [0, 0.1) is 11.8 Å². The van der Waals surface area contributed by atoms with Crippen molar-refractivity contribution < 1.29 is 0 Å². The molecule has 102 valence electrons. The van der Waals surface area contributed by atoms with Gasteiger partial charge in [0, 0.05) is 31.9 Å². The maximum Gasteiger partial charge on any atom is 0.0670 e. The lowest BCUT2D eigenvalue weighted by molar-refractivity contribution is 0.236. The van der Waals surface area contributed by atoms with Gasteiger partial charge in [-0.2, -0.15) is 5.10 Å². The molecule has 0 saturated heterocycles. The van der Waals surface area contributed by atoms with Gasteiger partial charge in [0.2, 0.25) is 0 Å². The highest BCUT2D eigenvalue weighted by atomic mass is 15.3. The molecular weight excluding hydrogens is 224 g/mol. The molecular formula is C14H26N4. The fourth-order valence-electron chi connectivity index (χ4n) is 2.80. The predicted octanol–water partition coefficient (Wildman–Crippen LogP) is 1.57. The van der Waals surface area contributed by atoms with E-state index in [-0.39, 0.29) is 0 Å². The van der Waals surface area contributed by atoms with Gasteiger partial charge in [0.25, 0.3) is 0 Å². The third kappa shape index (κ3) is 2.75.